The predicted octanol–water partition coefficient (Wildman–Crippen LogP) is 4.36. The zero-order valence-electron chi connectivity index (χ0n) is 14.1. The summed E-state index contributed by atoms with van der Waals surface area (Å²) in [7, 11) is 0. The number of aliphatic hydroxyl groups is 1. The van der Waals surface area contributed by atoms with Gasteiger partial charge < -0.3 is 5.11 Å². The molecule has 0 saturated carbocycles. The predicted molar refractivity (Wildman–Crippen MR) is 89.4 cm³/mol. The molecule has 2 heteroatoms. The van der Waals surface area contributed by atoms with Crippen LogP contribution in [0.5, 0.6) is 0 Å². The minimum Gasteiger partial charge on any atom is -0.388 e. The van der Waals surface area contributed by atoms with Crippen LogP contribution in [0.15, 0.2) is 34.9 Å². The number of carbonyl (C=O) groups is 1. The fraction of sp³-hybridized carbons (Fsp3) is 0.650. The maximum atomic E-state index is 13.0. The van der Waals surface area contributed by atoms with Gasteiger partial charge in [0.1, 0.15) is 0 Å². The van der Waals surface area contributed by atoms with Gasteiger partial charge in [-0.25, -0.2) is 0 Å². The van der Waals surface area contributed by atoms with Crippen LogP contribution in [0.4, 0.5) is 0 Å². The molecule has 3 aliphatic carbocycles. The molecular weight excluding hydrogens is 272 g/mol. The fourth-order valence-corrected chi connectivity index (χ4v) is 4.80. The van der Waals surface area contributed by atoms with Crippen LogP contribution < -0.4 is 0 Å². The van der Waals surface area contributed by atoms with Crippen molar-refractivity contribution in [1.29, 1.82) is 0 Å². The van der Waals surface area contributed by atoms with E-state index >= 15 is 0 Å². The summed E-state index contributed by atoms with van der Waals surface area (Å²) in [5, 5.41) is 10.7. The molecule has 3 atom stereocenters. The Morgan fingerprint density at radius 2 is 1.91 bits per heavy atom. The lowest BCUT2D eigenvalue weighted by Crippen LogP contribution is -2.33. The molecule has 0 aliphatic heterocycles. The number of ketones is 1. The third kappa shape index (κ3) is 2.32. The highest BCUT2D eigenvalue weighted by molar-refractivity contribution is 6.04. The van der Waals surface area contributed by atoms with E-state index in [9.17, 15) is 9.90 Å². The highest BCUT2D eigenvalue weighted by Gasteiger charge is 2.51. The molecule has 0 aromatic heterocycles. The number of hydrogen-bond acceptors (Lipinski definition) is 2. The molecule has 0 radical (unpaired) electrons. The first-order valence-corrected chi connectivity index (χ1v) is 8.63. The van der Waals surface area contributed by atoms with Gasteiger partial charge in [-0.15, -0.1) is 0 Å². The van der Waals surface area contributed by atoms with Gasteiger partial charge in [0.2, 0.25) is 0 Å². The zero-order valence-corrected chi connectivity index (χ0v) is 14.1. The number of hydrogen-bond donors (Lipinski definition) is 1. The number of allylic oxidation sites excluding steroid dienone is 3. The molecule has 0 saturated heterocycles. The van der Waals surface area contributed by atoms with Gasteiger partial charge in [-0.2, -0.15) is 0 Å². The van der Waals surface area contributed by atoms with Gasteiger partial charge in [-0.1, -0.05) is 37.6 Å². The first-order chi connectivity index (χ1) is 10.3. The van der Waals surface area contributed by atoms with E-state index in [1.165, 1.54) is 5.57 Å². The van der Waals surface area contributed by atoms with Crippen LogP contribution in [0.1, 0.15) is 59.3 Å². The molecule has 0 amide bonds. The Morgan fingerprint density at radius 1 is 1.23 bits per heavy atom. The zero-order chi connectivity index (χ0) is 16.1. The first kappa shape index (κ1) is 15.7. The van der Waals surface area contributed by atoms with Crippen molar-refractivity contribution in [2.24, 2.45) is 17.3 Å². The highest BCUT2D eigenvalue weighted by atomic mass is 16.3. The van der Waals surface area contributed by atoms with Crippen molar-refractivity contribution >= 4 is 5.78 Å². The van der Waals surface area contributed by atoms with Gasteiger partial charge in [0.05, 0.1) is 12.0 Å². The van der Waals surface area contributed by atoms with E-state index < -0.39 is 6.10 Å². The van der Waals surface area contributed by atoms with Crippen molar-refractivity contribution in [2.75, 3.05) is 0 Å². The van der Waals surface area contributed by atoms with E-state index in [4.69, 9.17) is 0 Å². The number of fused-ring (bicyclic) bond motifs is 2. The van der Waals surface area contributed by atoms with Crippen molar-refractivity contribution in [3.05, 3.63) is 34.9 Å². The van der Waals surface area contributed by atoms with Crippen LogP contribution in [0.3, 0.4) is 0 Å². The average Bonchev–Trinajstić information content (AvgIpc) is 2.69. The molecule has 0 unspecified atom stereocenters. The number of Topliss-reactive ketones (excluding diaryl/α,β-unsaturated/α-hetero) is 1. The Kier molecular flexibility index (Phi) is 3.92. The van der Waals surface area contributed by atoms with Gasteiger partial charge >= 0.3 is 0 Å². The molecular formula is C20H28O2. The third-order valence-electron chi connectivity index (χ3n) is 6.25. The second-order valence-corrected chi connectivity index (χ2v) is 7.92. The Morgan fingerprint density at radius 3 is 2.64 bits per heavy atom. The van der Waals surface area contributed by atoms with Crippen molar-refractivity contribution in [2.45, 2.75) is 65.4 Å². The highest BCUT2D eigenvalue weighted by Crippen LogP contribution is 2.53. The van der Waals surface area contributed by atoms with Gasteiger partial charge in [-0.05, 0) is 62.4 Å². The molecule has 3 aliphatic rings. The molecule has 0 aromatic carbocycles. The molecule has 22 heavy (non-hydrogen) atoms. The summed E-state index contributed by atoms with van der Waals surface area (Å²) >= 11 is 0. The van der Waals surface area contributed by atoms with Crippen LogP contribution in [0.25, 0.3) is 0 Å². The Balaban J connectivity index is 2.08. The second-order valence-electron chi connectivity index (χ2n) is 7.92. The minimum atomic E-state index is -0.595. The van der Waals surface area contributed by atoms with Crippen molar-refractivity contribution in [3.8, 4) is 0 Å². The molecule has 3 bridgehead atoms. The van der Waals surface area contributed by atoms with E-state index in [-0.39, 0.29) is 17.1 Å². The molecule has 120 valence electrons. The fourth-order valence-electron chi connectivity index (χ4n) is 4.80. The lowest BCUT2D eigenvalue weighted by atomic mass is 9.64. The van der Waals surface area contributed by atoms with Gasteiger partial charge in [-0.3, -0.25) is 4.79 Å². The normalized spacial score (nSPS) is 37.6. The maximum Gasteiger partial charge on any atom is 0.169 e. The van der Waals surface area contributed by atoms with Gasteiger partial charge in [0.25, 0.3) is 0 Å². The Hall–Kier alpha value is -1.15. The molecule has 2 nitrogen and oxygen atoms in total. The summed E-state index contributed by atoms with van der Waals surface area (Å²) in [4.78, 5) is 13.0. The summed E-state index contributed by atoms with van der Waals surface area (Å²) in [6.07, 6.45) is 7.60. The lowest BCUT2D eigenvalue weighted by Gasteiger charge is -2.40. The van der Waals surface area contributed by atoms with E-state index in [2.05, 4.69) is 26.5 Å². The Labute approximate surface area is 134 Å². The van der Waals surface area contributed by atoms with Crippen LogP contribution in [0, 0.1) is 17.3 Å². The maximum absolute atomic E-state index is 13.0. The lowest BCUT2D eigenvalue weighted by molar-refractivity contribution is -0.120. The largest absolute Gasteiger partial charge is 0.388 e. The molecule has 0 fully saturated rings. The van der Waals surface area contributed by atoms with Gasteiger partial charge in [0.15, 0.2) is 5.78 Å². The van der Waals surface area contributed by atoms with Crippen molar-refractivity contribution in [1.82, 2.24) is 0 Å². The van der Waals surface area contributed by atoms with Crippen LogP contribution in [-0.4, -0.2) is 17.0 Å². The number of rotatable bonds is 0. The summed E-state index contributed by atoms with van der Waals surface area (Å²) in [5.41, 5.74) is 4.20. The Bertz CT molecular complexity index is 577. The number of aliphatic hydroxyl groups excluding tert-OH is 1. The minimum absolute atomic E-state index is 0.125. The first-order valence-electron chi connectivity index (χ1n) is 8.63. The molecule has 0 heterocycles. The summed E-state index contributed by atoms with van der Waals surface area (Å²) in [6.45, 7) is 10.6. The van der Waals surface area contributed by atoms with E-state index in [1.54, 1.807) is 0 Å². The summed E-state index contributed by atoms with van der Waals surface area (Å²) in [5.74, 6) is 0.364. The van der Waals surface area contributed by atoms with E-state index in [0.29, 0.717) is 5.92 Å². The van der Waals surface area contributed by atoms with Crippen LogP contribution in [-0.2, 0) is 4.79 Å². The molecule has 0 spiro atoms. The molecule has 0 aromatic rings. The SMILES string of the molecule is C=C1CC/C=C(\C)[C@@H]2C(=O)C3=C(CC[C@@H](CC1)C3(C)C)[C@@H]2O. The molecule has 3 rings (SSSR count). The summed E-state index contributed by atoms with van der Waals surface area (Å²) in [6, 6.07) is 0. The van der Waals surface area contributed by atoms with Crippen molar-refractivity contribution in [3.63, 3.8) is 0 Å². The smallest absolute Gasteiger partial charge is 0.169 e. The third-order valence-corrected chi connectivity index (χ3v) is 6.25. The van der Waals surface area contributed by atoms with E-state index in [1.807, 2.05) is 6.92 Å². The standard InChI is InChI=1S/C20H28O2/c1-12-6-5-7-13(2)16-18(21)15-11-10-14(9-8-12)20(3,4)17(15)19(16)22/h7,14,16,18,21H,1,5-6,8-11H2,2-4H3/b13-7+/t14-,16+,18+/m1/s1. The van der Waals surface area contributed by atoms with E-state index in [0.717, 1.165) is 55.2 Å². The second kappa shape index (κ2) is 5.49. The van der Waals surface area contributed by atoms with Crippen LogP contribution >= 0.6 is 0 Å². The quantitative estimate of drug-likeness (QED) is 0.675. The molecule has 1 N–H and O–H groups in total. The van der Waals surface area contributed by atoms with Gasteiger partial charge in [0, 0.05) is 5.57 Å². The monoisotopic (exact) mass is 300 g/mol. The average molecular weight is 300 g/mol. The number of carbonyl (C=O) groups excluding carboxylic acids is 1. The van der Waals surface area contributed by atoms with Crippen molar-refractivity contribution < 1.29 is 9.90 Å². The topological polar surface area (TPSA) is 37.3 Å². The van der Waals surface area contributed by atoms with Crippen LogP contribution in [0.2, 0.25) is 0 Å². The summed E-state index contributed by atoms with van der Waals surface area (Å²) < 4.78 is 0.